The Balaban J connectivity index is 1.77. The first-order valence-electron chi connectivity index (χ1n) is 9.34. The minimum absolute atomic E-state index is 0.00824. The van der Waals surface area contributed by atoms with Crippen LogP contribution in [0.3, 0.4) is 0 Å². The zero-order valence-corrected chi connectivity index (χ0v) is 16.7. The van der Waals surface area contributed by atoms with Crippen LogP contribution in [0.15, 0.2) is 53.1 Å². The molecule has 3 aromatic heterocycles. The maximum Gasteiger partial charge on any atom is 0.358 e. The zero-order chi connectivity index (χ0) is 22.8. The van der Waals surface area contributed by atoms with Crippen molar-refractivity contribution in [2.45, 2.75) is 13.5 Å². The maximum absolute atomic E-state index is 12.0. The molecular formula is C21H16N6O5. The van der Waals surface area contributed by atoms with Crippen LogP contribution in [0.4, 0.5) is 0 Å². The molecule has 0 aliphatic heterocycles. The van der Waals surface area contributed by atoms with Crippen molar-refractivity contribution in [2.24, 2.45) is 5.73 Å². The second-order valence-corrected chi connectivity index (χ2v) is 6.75. The number of nitrogens with zero attached hydrogens (tertiary/aromatic N) is 5. The SMILES string of the molecule is CC(=O)c1ccnc(Cn2nc(C(N)=O)c(-c3nc(C(=O)O)c(-c4ccccc4)o3)n2)c1. The Labute approximate surface area is 180 Å². The summed E-state index contributed by atoms with van der Waals surface area (Å²) in [5, 5.41) is 17.8. The van der Waals surface area contributed by atoms with Gasteiger partial charge in [-0.25, -0.2) is 4.79 Å². The summed E-state index contributed by atoms with van der Waals surface area (Å²) in [6.07, 6.45) is 1.48. The molecule has 0 saturated carbocycles. The molecule has 3 heterocycles. The fraction of sp³-hybridized carbons (Fsp3) is 0.0952. The first kappa shape index (κ1) is 20.6. The topological polar surface area (TPSA) is 167 Å². The highest BCUT2D eigenvalue weighted by atomic mass is 16.4. The van der Waals surface area contributed by atoms with Gasteiger partial charge in [0.2, 0.25) is 0 Å². The normalized spacial score (nSPS) is 10.8. The number of carbonyl (C=O) groups excluding carboxylic acids is 2. The molecule has 0 aliphatic rings. The third kappa shape index (κ3) is 3.99. The van der Waals surface area contributed by atoms with E-state index in [9.17, 15) is 19.5 Å². The van der Waals surface area contributed by atoms with Crippen LogP contribution in [0, 0.1) is 0 Å². The fourth-order valence-corrected chi connectivity index (χ4v) is 3.01. The van der Waals surface area contributed by atoms with Crippen LogP contribution in [-0.4, -0.2) is 47.7 Å². The molecule has 4 rings (SSSR count). The number of benzene rings is 1. The average Bonchev–Trinajstić information content (AvgIpc) is 3.39. The van der Waals surface area contributed by atoms with E-state index >= 15 is 0 Å². The number of oxazole rings is 1. The highest BCUT2D eigenvalue weighted by Gasteiger charge is 2.27. The van der Waals surface area contributed by atoms with E-state index in [0.29, 0.717) is 16.8 Å². The minimum atomic E-state index is -1.31. The lowest BCUT2D eigenvalue weighted by atomic mass is 10.1. The van der Waals surface area contributed by atoms with Gasteiger partial charge in [-0.2, -0.15) is 9.78 Å². The summed E-state index contributed by atoms with van der Waals surface area (Å²) < 4.78 is 5.68. The average molecular weight is 432 g/mol. The summed E-state index contributed by atoms with van der Waals surface area (Å²) in [5.41, 5.74) is 6.17. The lowest BCUT2D eigenvalue weighted by Crippen LogP contribution is -2.14. The molecule has 0 spiro atoms. The Morgan fingerprint density at radius 3 is 2.50 bits per heavy atom. The third-order valence-electron chi connectivity index (χ3n) is 4.48. The molecular weight excluding hydrogens is 416 g/mol. The number of primary amides is 1. The van der Waals surface area contributed by atoms with Crippen molar-refractivity contribution in [3.05, 3.63) is 71.3 Å². The first-order valence-corrected chi connectivity index (χ1v) is 9.34. The second-order valence-electron chi connectivity index (χ2n) is 6.75. The van der Waals surface area contributed by atoms with E-state index in [4.69, 9.17) is 10.2 Å². The lowest BCUT2D eigenvalue weighted by molar-refractivity contribution is 0.0691. The van der Waals surface area contributed by atoms with Crippen molar-refractivity contribution < 1.29 is 23.9 Å². The number of ketones is 1. The summed E-state index contributed by atoms with van der Waals surface area (Å²) >= 11 is 0. The second kappa shape index (κ2) is 8.22. The molecule has 0 atom stereocenters. The standard InChI is InChI=1S/C21H16N6O5/c1-11(28)13-7-8-23-14(9-13)10-27-25-15(19(22)29)16(26-27)20-24-17(21(30)31)18(32-20)12-5-3-2-4-6-12/h2-9H,10H2,1H3,(H2,22,29)(H,30,31). The summed E-state index contributed by atoms with van der Waals surface area (Å²) in [6, 6.07) is 11.7. The van der Waals surface area contributed by atoms with Gasteiger partial charge in [-0.15, -0.1) is 10.2 Å². The van der Waals surface area contributed by atoms with E-state index in [1.807, 2.05) is 0 Å². The van der Waals surface area contributed by atoms with E-state index in [1.165, 1.54) is 13.1 Å². The van der Waals surface area contributed by atoms with Crippen LogP contribution in [0.25, 0.3) is 22.9 Å². The molecule has 11 nitrogen and oxygen atoms in total. The number of hydrogen-bond donors (Lipinski definition) is 2. The number of nitrogens with two attached hydrogens (primary N) is 1. The largest absolute Gasteiger partial charge is 0.476 e. The van der Waals surface area contributed by atoms with Gasteiger partial charge in [-0.3, -0.25) is 14.6 Å². The van der Waals surface area contributed by atoms with Gasteiger partial charge in [0.25, 0.3) is 11.8 Å². The van der Waals surface area contributed by atoms with Crippen molar-refractivity contribution in [1.82, 2.24) is 25.0 Å². The number of Topliss-reactive ketones (excluding diaryl/α,β-unsaturated/α-hetero) is 1. The van der Waals surface area contributed by atoms with E-state index < -0.39 is 11.9 Å². The molecule has 0 aliphatic carbocycles. The molecule has 0 bridgehead atoms. The minimum Gasteiger partial charge on any atom is -0.476 e. The molecule has 0 radical (unpaired) electrons. The molecule has 1 aromatic carbocycles. The van der Waals surface area contributed by atoms with Crippen molar-refractivity contribution in [1.29, 1.82) is 0 Å². The lowest BCUT2D eigenvalue weighted by Gasteiger charge is -2.01. The predicted octanol–water partition coefficient (Wildman–Crippen LogP) is 2.04. The molecule has 1 amide bonds. The van der Waals surface area contributed by atoms with Gasteiger partial charge in [0.15, 0.2) is 28.6 Å². The number of rotatable bonds is 7. The van der Waals surface area contributed by atoms with Crippen LogP contribution < -0.4 is 5.73 Å². The van der Waals surface area contributed by atoms with Crippen molar-refractivity contribution in [2.75, 3.05) is 0 Å². The molecule has 0 unspecified atom stereocenters. The van der Waals surface area contributed by atoms with Gasteiger partial charge in [-0.05, 0) is 19.1 Å². The number of carbonyl (C=O) groups is 3. The van der Waals surface area contributed by atoms with E-state index in [-0.39, 0.29) is 41.1 Å². The maximum atomic E-state index is 12.0. The van der Waals surface area contributed by atoms with Gasteiger partial charge in [0.1, 0.15) is 6.54 Å². The fourth-order valence-electron chi connectivity index (χ4n) is 3.01. The van der Waals surface area contributed by atoms with Crippen LogP contribution in [-0.2, 0) is 6.54 Å². The van der Waals surface area contributed by atoms with Crippen LogP contribution >= 0.6 is 0 Å². The Hall–Kier alpha value is -4.67. The molecule has 4 aromatic rings. The smallest absolute Gasteiger partial charge is 0.358 e. The summed E-state index contributed by atoms with van der Waals surface area (Å²) in [7, 11) is 0. The monoisotopic (exact) mass is 432 g/mol. The van der Waals surface area contributed by atoms with Crippen LogP contribution in [0.2, 0.25) is 0 Å². The number of aromatic nitrogens is 5. The van der Waals surface area contributed by atoms with Gasteiger partial charge >= 0.3 is 5.97 Å². The zero-order valence-electron chi connectivity index (χ0n) is 16.7. The summed E-state index contributed by atoms with van der Waals surface area (Å²) in [4.78, 5) is 44.6. The van der Waals surface area contributed by atoms with Gasteiger partial charge < -0.3 is 15.3 Å². The molecule has 32 heavy (non-hydrogen) atoms. The summed E-state index contributed by atoms with van der Waals surface area (Å²) in [5.74, 6) is -2.54. The number of carboxylic acid groups (broad SMARTS) is 1. The van der Waals surface area contributed by atoms with E-state index in [0.717, 1.165) is 4.80 Å². The van der Waals surface area contributed by atoms with Crippen molar-refractivity contribution in [3.63, 3.8) is 0 Å². The number of pyridine rings is 1. The Morgan fingerprint density at radius 1 is 1.09 bits per heavy atom. The van der Waals surface area contributed by atoms with Gasteiger partial charge in [-0.1, -0.05) is 30.3 Å². The molecule has 160 valence electrons. The Kier molecular flexibility index (Phi) is 5.29. The summed E-state index contributed by atoms with van der Waals surface area (Å²) in [6.45, 7) is 1.46. The molecule has 11 heteroatoms. The van der Waals surface area contributed by atoms with Crippen molar-refractivity contribution >= 4 is 17.7 Å². The predicted molar refractivity (Wildman–Crippen MR) is 110 cm³/mol. The highest BCUT2D eigenvalue weighted by molar-refractivity contribution is 5.97. The Morgan fingerprint density at radius 2 is 1.84 bits per heavy atom. The van der Waals surface area contributed by atoms with Crippen molar-refractivity contribution in [3.8, 4) is 22.9 Å². The number of carboxylic acids is 1. The van der Waals surface area contributed by atoms with Gasteiger partial charge in [0, 0.05) is 17.3 Å². The Bertz CT molecular complexity index is 1340. The molecule has 3 N–H and O–H groups in total. The molecule has 0 fully saturated rings. The number of hydrogen-bond acceptors (Lipinski definition) is 8. The van der Waals surface area contributed by atoms with E-state index in [1.54, 1.807) is 42.5 Å². The quantitative estimate of drug-likeness (QED) is 0.415. The first-order chi connectivity index (χ1) is 15.3. The number of aromatic carboxylic acids is 1. The highest BCUT2D eigenvalue weighted by Crippen LogP contribution is 2.30. The van der Waals surface area contributed by atoms with E-state index in [2.05, 4.69) is 20.2 Å². The van der Waals surface area contributed by atoms with Gasteiger partial charge in [0.05, 0.1) is 5.69 Å². The third-order valence-corrected chi connectivity index (χ3v) is 4.48. The van der Waals surface area contributed by atoms with Crippen LogP contribution in [0.5, 0.6) is 0 Å². The number of amides is 1. The molecule has 0 saturated heterocycles. The van der Waals surface area contributed by atoms with Crippen LogP contribution in [0.1, 0.15) is 44.0 Å².